The van der Waals surface area contributed by atoms with Crippen molar-refractivity contribution in [3.8, 4) is 5.75 Å². The zero-order valence-corrected chi connectivity index (χ0v) is 19.0. The van der Waals surface area contributed by atoms with E-state index in [9.17, 15) is 9.59 Å². The molecule has 31 heavy (non-hydrogen) atoms. The van der Waals surface area contributed by atoms with Crippen LogP contribution >= 0.6 is 11.3 Å². The lowest BCUT2D eigenvalue weighted by molar-refractivity contribution is -0.125. The number of aryl methyl sites for hydroxylation is 1. The highest BCUT2D eigenvalue weighted by Gasteiger charge is 2.19. The minimum Gasteiger partial charge on any atom is -0.487 e. The van der Waals surface area contributed by atoms with E-state index in [-0.39, 0.29) is 11.8 Å². The van der Waals surface area contributed by atoms with Crippen LogP contribution in [-0.4, -0.2) is 65.9 Å². The van der Waals surface area contributed by atoms with E-state index in [0.29, 0.717) is 39.3 Å². The van der Waals surface area contributed by atoms with Crippen molar-refractivity contribution >= 4 is 29.2 Å². The van der Waals surface area contributed by atoms with Crippen LogP contribution in [0.5, 0.6) is 5.75 Å². The summed E-state index contributed by atoms with van der Waals surface area (Å²) < 4.78 is 5.76. The maximum absolute atomic E-state index is 12.6. The van der Waals surface area contributed by atoms with Gasteiger partial charge in [0.1, 0.15) is 12.4 Å². The maximum atomic E-state index is 12.6. The molecule has 2 heterocycles. The number of aromatic nitrogens is 1. The summed E-state index contributed by atoms with van der Waals surface area (Å²) in [6.07, 6.45) is 4.31. The first-order valence-electron chi connectivity index (χ1n) is 10.6. The van der Waals surface area contributed by atoms with Gasteiger partial charge in [-0.1, -0.05) is 12.1 Å². The van der Waals surface area contributed by atoms with E-state index in [0.717, 1.165) is 35.0 Å². The number of benzene rings is 1. The molecule has 8 heteroatoms. The molecule has 1 aliphatic heterocycles. The number of nitrogens with zero attached hydrogens (tertiary/aromatic N) is 3. The van der Waals surface area contributed by atoms with E-state index in [1.807, 2.05) is 54.5 Å². The van der Waals surface area contributed by atoms with Gasteiger partial charge in [-0.25, -0.2) is 4.98 Å². The molecule has 1 aliphatic rings. The van der Waals surface area contributed by atoms with Crippen LogP contribution in [-0.2, 0) is 16.2 Å². The summed E-state index contributed by atoms with van der Waals surface area (Å²) in [4.78, 5) is 32.7. The van der Waals surface area contributed by atoms with Gasteiger partial charge in [0, 0.05) is 44.2 Å². The fourth-order valence-corrected chi connectivity index (χ4v) is 3.98. The maximum Gasteiger partial charge on any atom is 0.246 e. The third kappa shape index (κ3) is 7.48. The number of thiazole rings is 1. The van der Waals surface area contributed by atoms with Crippen LogP contribution < -0.4 is 10.1 Å². The number of carbonyl (C=O) groups is 2. The fourth-order valence-electron chi connectivity index (χ4n) is 3.39. The van der Waals surface area contributed by atoms with E-state index >= 15 is 0 Å². The first kappa shape index (κ1) is 23.0. The van der Waals surface area contributed by atoms with Crippen molar-refractivity contribution in [2.75, 3.05) is 39.3 Å². The molecule has 0 atom stereocenters. The van der Waals surface area contributed by atoms with Crippen LogP contribution in [0.2, 0.25) is 0 Å². The number of hydrogen-bond donors (Lipinski definition) is 1. The van der Waals surface area contributed by atoms with E-state index in [1.54, 1.807) is 17.4 Å². The minimum atomic E-state index is -0.000844. The molecule has 0 aliphatic carbocycles. The number of likely N-dealkylation sites (N-methyl/N-ethyl adjacent to an activating group) is 1. The first-order valence-corrected chi connectivity index (χ1v) is 11.5. The fraction of sp³-hybridized carbons (Fsp3) is 0.435. The molecule has 1 fully saturated rings. The molecule has 0 unspecified atom stereocenters. The van der Waals surface area contributed by atoms with Gasteiger partial charge in [0.15, 0.2) is 0 Å². The lowest BCUT2D eigenvalue weighted by Crippen LogP contribution is -2.39. The summed E-state index contributed by atoms with van der Waals surface area (Å²) in [7, 11) is 0. The smallest absolute Gasteiger partial charge is 0.246 e. The van der Waals surface area contributed by atoms with Crippen molar-refractivity contribution in [1.82, 2.24) is 20.1 Å². The second-order valence-corrected chi connectivity index (χ2v) is 8.52. The van der Waals surface area contributed by atoms with Crippen LogP contribution in [0, 0.1) is 6.92 Å². The lowest BCUT2D eigenvalue weighted by Gasteiger charge is -2.20. The van der Waals surface area contributed by atoms with Crippen LogP contribution in [0.4, 0.5) is 0 Å². The van der Waals surface area contributed by atoms with Crippen LogP contribution in [0.1, 0.15) is 29.6 Å². The van der Waals surface area contributed by atoms with Crippen LogP contribution in [0.25, 0.3) is 6.08 Å². The monoisotopic (exact) mass is 442 g/mol. The highest BCUT2D eigenvalue weighted by molar-refractivity contribution is 7.09. The third-order valence-electron chi connectivity index (χ3n) is 4.99. The summed E-state index contributed by atoms with van der Waals surface area (Å²) in [6.45, 7) is 8.24. The van der Waals surface area contributed by atoms with Gasteiger partial charge < -0.3 is 15.0 Å². The summed E-state index contributed by atoms with van der Waals surface area (Å²) in [5.41, 5.74) is 1.87. The first-order chi connectivity index (χ1) is 15.0. The summed E-state index contributed by atoms with van der Waals surface area (Å²) in [5.74, 6) is 0.809. The summed E-state index contributed by atoms with van der Waals surface area (Å²) >= 11 is 1.61. The molecule has 1 saturated heterocycles. The minimum absolute atomic E-state index is 0.000844. The second-order valence-electron chi connectivity index (χ2n) is 7.46. The van der Waals surface area contributed by atoms with Crippen molar-refractivity contribution in [2.24, 2.45) is 0 Å². The predicted molar refractivity (Wildman–Crippen MR) is 123 cm³/mol. The molecule has 1 N–H and O–H groups in total. The standard InChI is InChI=1S/C23H30N4O3S/c1-3-24-22(28)15-26-11-4-12-27(14-13-26)23(29)10-7-19-5-8-21(9-6-19)30-16-20-17-31-18(2)25-20/h5-10,17H,3-4,11-16H2,1-2H3,(H,24,28)/b10-7+. The highest BCUT2D eigenvalue weighted by Crippen LogP contribution is 2.16. The molecule has 0 spiro atoms. The molecule has 166 valence electrons. The molecule has 0 saturated carbocycles. The molecular formula is C23H30N4O3S. The largest absolute Gasteiger partial charge is 0.487 e. The van der Waals surface area contributed by atoms with E-state index in [2.05, 4.69) is 15.2 Å². The van der Waals surface area contributed by atoms with Crippen molar-refractivity contribution in [3.63, 3.8) is 0 Å². The van der Waals surface area contributed by atoms with E-state index in [4.69, 9.17) is 4.74 Å². The zero-order valence-electron chi connectivity index (χ0n) is 18.2. The Kier molecular flexibility index (Phi) is 8.61. The number of nitrogens with one attached hydrogen (secondary N) is 1. The van der Waals surface area contributed by atoms with Crippen molar-refractivity contribution in [3.05, 3.63) is 52.0 Å². The van der Waals surface area contributed by atoms with Gasteiger partial charge in [-0.3, -0.25) is 14.5 Å². The average molecular weight is 443 g/mol. The Balaban J connectivity index is 1.46. The molecule has 7 nitrogen and oxygen atoms in total. The van der Waals surface area contributed by atoms with Gasteiger partial charge >= 0.3 is 0 Å². The molecule has 1 aromatic heterocycles. The highest BCUT2D eigenvalue weighted by atomic mass is 32.1. The van der Waals surface area contributed by atoms with E-state index < -0.39 is 0 Å². The van der Waals surface area contributed by atoms with Gasteiger partial charge in [-0.15, -0.1) is 11.3 Å². The SMILES string of the molecule is CCNC(=O)CN1CCCN(C(=O)/C=C/c2ccc(OCc3csc(C)n3)cc2)CC1. The number of ether oxygens (including phenoxy) is 1. The Morgan fingerprint density at radius 2 is 2.00 bits per heavy atom. The molecule has 0 radical (unpaired) electrons. The van der Waals surface area contributed by atoms with Crippen LogP contribution in [0.15, 0.2) is 35.7 Å². The van der Waals surface area contributed by atoms with Gasteiger partial charge in [0.2, 0.25) is 11.8 Å². The summed E-state index contributed by atoms with van der Waals surface area (Å²) in [6, 6.07) is 7.66. The van der Waals surface area contributed by atoms with E-state index in [1.165, 1.54) is 0 Å². The Bertz CT molecular complexity index is 894. The third-order valence-corrected chi connectivity index (χ3v) is 5.82. The topological polar surface area (TPSA) is 74.8 Å². The second kappa shape index (κ2) is 11.6. The zero-order chi connectivity index (χ0) is 22.1. The Labute approximate surface area is 187 Å². The molecule has 0 bridgehead atoms. The van der Waals surface area contributed by atoms with Crippen molar-refractivity contribution in [1.29, 1.82) is 0 Å². The molecule has 2 aromatic rings. The average Bonchev–Trinajstić information content (AvgIpc) is 3.04. The van der Waals surface area contributed by atoms with Crippen molar-refractivity contribution < 1.29 is 14.3 Å². The Morgan fingerprint density at radius 3 is 2.71 bits per heavy atom. The Hall–Kier alpha value is -2.71. The quantitative estimate of drug-likeness (QED) is 0.637. The van der Waals surface area contributed by atoms with Gasteiger partial charge in [0.05, 0.1) is 17.2 Å². The molecule has 3 rings (SSSR count). The molecule has 1 aromatic carbocycles. The molecule has 2 amide bonds. The molecular weight excluding hydrogens is 412 g/mol. The number of amides is 2. The summed E-state index contributed by atoms with van der Waals surface area (Å²) in [5, 5.41) is 5.85. The van der Waals surface area contributed by atoms with Crippen LogP contribution in [0.3, 0.4) is 0 Å². The predicted octanol–water partition coefficient (Wildman–Crippen LogP) is 2.71. The van der Waals surface area contributed by atoms with Crippen molar-refractivity contribution in [2.45, 2.75) is 26.9 Å². The van der Waals surface area contributed by atoms with Gasteiger partial charge in [-0.05, 0) is 44.0 Å². The normalized spacial score (nSPS) is 15.1. The number of rotatable bonds is 8. The van der Waals surface area contributed by atoms with Gasteiger partial charge in [0.25, 0.3) is 0 Å². The van der Waals surface area contributed by atoms with Gasteiger partial charge in [-0.2, -0.15) is 0 Å². The number of carbonyl (C=O) groups excluding carboxylic acids is 2. The Morgan fingerprint density at radius 1 is 1.19 bits per heavy atom. The lowest BCUT2D eigenvalue weighted by atomic mass is 10.2. The number of hydrogen-bond acceptors (Lipinski definition) is 6.